The van der Waals surface area contributed by atoms with Gasteiger partial charge >= 0.3 is 0 Å². The highest BCUT2D eigenvalue weighted by Gasteiger charge is 2.14. The molecule has 1 aromatic heterocycles. The normalized spacial score (nSPS) is 13.1. The van der Waals surface area contributed by atoms with E-state index in [0.29, 0.717) is 12.5 Å². The smallest absolute Gasteiger partial charge is 0.125 e. The third-order valence-electron chi connectivity index (χ3n) is 2.79. The zero-order valence-corrected chi connectivity index (χ0v) is 10.9. The molecule has 1 unspecified atom stereocenters. The van der Waals surface area contributed by atoms with Crippen molar-refractivity contribution in [2.45, 2.75) is 25.8 Å². The highest BCUT2D eigenvalue weighted by Crippen LogP contribution is 2.22. The fourth-order valence-corrected chi connectivity index (χ4v) is 2.23. The van der Waals surface area contributed by atoms with E-state index in [1.54, 1.807) is 0 Å². The molecule has 0 saturated carbocycles. The van der Waals surface area contributed by atoms with Crippen molar-refractivity contribution in [3.8, 4) is 0 Å². The van der Waals surface area contributed by atoms with Gasteiger partial charge in [-0.25, -0.2) is 4.98 Å². The lowest BCUT2D eigenvalue weighted by Gasteiger charge is -2.16. The summed E-state index contributed by atoms with van der Waals surface area (Å²) in [5.41, 5.74) is 2.11. The van der Waals surface area contributed by atoms with Crippen molar-refractivity contribution in [1.82, 2.24) is 9.55 Å². The Kier molecular flexibility index (Phi) is 4.02. The van der Waals surface area contributed by atoms with Crippen molar-refractivity contribution >= 4 is 22.6 Å². The average molecular weight is 253 g/mol. The first-order valence-corrected chi connectivity index (χ1v) is 6.41. The van der Waals surface area contributed by atoms with Crippen molar-refractivity contribution < 1.29 is 4.74 Å². The zero-order chi connectivity index (χ0) is 12.3. The number of imidazole rings is 1. The Morgan fingerprint density at radius 2 is 2.18 bits per heavy atom. The van der Waals surface area contributed by atoms with Crippen LogP contribution in [0.1, 0.15) is 25.7 Å². The third kappa shape index (κ3) is 2.45. The summed E-state index contributed by atoms with van der Waals surface area (Å²) in [6.45, 7) is 5.54. The minimum Gasteiger partial charge on any atom is -0.380 e. The summed E-state index contributed by atoms with van der Waals surface area (Å²) >= 11 is 5.96. The van der Waals surface area contributed by atoms with E-state index in [1.807, 2.05) is 25.1 Å². The maximum atomic E-state index is 5.96. The van der Waals surface area contributed by atoms with E-state index in [-0.39, 0.29) is 6.04 Å². The highest BCUT2D eigenvalue weighted by molar-refractivity contribution is 6.16. The van der Waals surface area contributed by atoms with Gasteiger partial charge < -0.3 is 9.30 Å². The van der Waals surface area contributed by atoms with Crippen molar-refractivity contribution in [3.63, 3.8) is 0 Å². The third-order valence-corrected chi connectivity index (χ3v) is 3.03. The van der Waals surface area contributed by atoms with E-state index >= 15 is 0 Å². The van der Waals surface area contributed by atoms with Crippen LogP contribution in [-0.4, -0.2) is 22.8 Å². The van der Waals surface area contributed by atoms with Crippen LogP contribution in [0.2, 0.25) is 0 Å². The predicted octanol–water partition coefficient (Wildman–Crippen LogP) is 3.37. The largest absolute Gasteiger partial charge is 0.380 e. The molecular weight excluding hydrogens is 236 g/mol. The van der Waals surface area contributed by atoms with Crippen LogP contribution in [0.3, 0.4) is 0 Å². The van der Waals surface area contributed by atoms with Gasteiger partial charge in [-0.3, -0.25) is 0 Å². The first-order valence-electron chi connectivity index (χ1n) is 5.87. The fraction of sp³-hybridized carbons (Fsp3) is 0.462. The average Bonchev–Trinajstić information content (AvgIpc) is 2.74. The van der Waals surface area contributed by atoms with Gasteiger partial charge in [0, 0.05) is 6.61 Å². The maximum absolute atomic E-state index is 5.96. The van der Waals surface area contributed by atoms with Crippen LogP contribution in [0, 0.1) is 0 Å². The van der Waals surface area contributed by atoms with Gasteiger partial charge in [-0.2, -0.15) is 0 Å². The summed E-state index contributed by atoms with van der Waals surface area (Å²) < 4.78 is 7.64. The number of alkyl halides is 1. The molecule has 1 atom stereocenters. The molecule has 0 fully saturated rings. The molecule has 1 aromatic carbocycles. The molecule has 0 amide bonds. The minimum absolute atomic E-state index is 0.246. The Bertz CT molecular complexity index is 495. The van der Waals surface area contributed by atoms with Crippen molar-refractivity contribution in [1.29, 1.82) is 0 Å². The minimum atomic E-state index is 0.246. The number of hydrogen-bond acceptors (Lipinski definition) is 2. The lowest BCUT2D eigenvalue weighted by Crippen LogP contribution is -2.14. The summed E-state index contributed by atoms with van der Waals surface area (Å²) in [4.78, 5) is 4.54. The summed E-state index contributed by atoms with van der Waals surface area (Å²) in [7, 11) is 0. The fourth-order valence-electron chi connectivity index (χ4n) is 2.04. The molecule has 3 nitrogen and oxygen atoms in total. The van der Waals surface area contributed by atoms with Crippen LogP contribution < -0.4 is 0 Å². The number of fused-ring (bicyclic) bond motifs is 1. The van der Waals surface area contributed by atoms with Gasteiger partial charge in [0.1, 0.15) is 5.82 Å². The number of rotatable bonds is 5. The Labute approximate surface area is 106 Å². The Hall–Kier alpha value is -1.06. The van der Waals surface area contributed by atoms with Crippen LogP contribution in [0.25, 0.3) is 11.0 Å². The second-order valence-electron chi connectivity index (χ2n) is 4.03. The Balaban J connectivity index is 2.42. The second-order valence-corrected chi connectivity index (χ2v) is 4.30. The SMILES string of the molecule is CCOCC(C)n1c(CCl)nc2ccccc21. The number of nitrogens with zero attached hydrogens (tertiary/aromatic N) is 2. The van der Waals surface area contributed by atoms with Gasteiger partial charge in [-0.15, -0.1) is 11.6 Å². The maximum Gasteiger partial charge on any atom is 0.125 e. The zero-order valence-electron chi connectivity index (χ0n) is 10.2. The molecule has 17 heavy (non-hydrogen) atoms. The summed E-state index contributed by atoms with van der Waals surface area (Å²) in [5, 5.41) is 0. The molecule has 0 bridgehead atoms. The van der Waals surface area contributed by atoms with Crippen molar-refractivity contribution in [2.75, 3.05) is 13.2 Å². The molecule has 2 aromatic rings. The number of hydrogen-bond donors (Lipinski definition) is 0. The van der Waals surface area contributed by atoms with Gasteiger partial charge in [-0.1, -0.05) is 12.1 Å². The van der Waals surface area contributed by atoms with E-state index in [4.69, 9.17) is 16.3 Å². The topological polar surface area (TPSA) is 27.1 Å². The molecule has 0 aliphatic carbocycles. The van der Waals surface area contributed by atoms with E-state index in [9.17, 15) is 0 Å². The molecular formula is C13H17ClN2O. The molecule has 0 N–H and O–H groups in total. The van der Waals surface area contributed by atoms with Crippen molar-refractivity contribution in [3.05, 3.63) is 30.1 Å². The lowest BCUT2D eigenvalue weighted by molar-refractivity contribution is 0.119. The van der Waals surface area contributed by atoms with Crippen molar-refractivity contribution in [2.24, 2.45) is 0 Å². The molecule has 0 saturated heterocycles. The van der Waals surface area contributed by atoms with Gasteiger partial charge in [0.2, 0.25) is 0 Å². The first-order chi connectivity index (χ1) is 8.27. The van der Waals surface area contributed by atoms with Crippen LogP contribution in [0.15, 0.2) is 24.3 Å². The van der Waals surface area contributed by atoms with Crippen LogP contribution in [-0.2, 0) is 10.6 Å². The monoisotopic (exact) mass is 252 g/mol. The second kappa shape index (κ2) is 5.52. The van der Waals surface area contributed by atoms with Gasteiger partial charge in [0.25, 0.3) is 0 Å². The number of aromatic nitrogens is 2. The summed E-state index contributed by atoms with van der Waals surface area (Å²) in [6, 6.07) is 8.34. The molecule has 0 aliphatic rings. The van der Waals surface area contributed by atoms with E-state index in [0.717, 1.165) is 23.5 Å². The van der Waals surface area contributed by atoms with E-state index in [2.05, 4.69) is 22.5 Å². The van der Waals surface area contributed by atoms with Crippen LogP contribution in [0.4, 0.5) is 0 Å². The molecule has 0 radical (unpaired) electrons. The highest BCUT2D eigenvalue weighted by atomic mass is 35.5. The molecule has 2 rings (SSSR count). The number of para-hydroxylation sites is 2. The molecule has 1 heterocycles. The quantitative estimate of drug-likeness (QED) is 0.763. The predicted molar refractivity (Wildman–Crippen MR) is 70.5 cm³/mol. The van der Waals surface area contributed by atoms with Gasteiger partial charge in [-0.05, 0) is 26.0 Å². The lowest BCUT2D eigenvalue weighted by atomic mass is 10.3. The van der Waals surface area contributed by atoms with E-state index < -0.39 is 0 Å². The molecule has 0 aliphatic heterocycles. The van der Waals surface area contributed by atoms with Crippen LogP contribution in [0.5, 0.6) is 0 Å². The van der Waals surface area contributed by atoms with Gasteiger partial charge in [0.15, 0.2) is 0 Å². The number of benzene rings is 1. The number of halogens is 1. The number of ether oxygens (including phenoxy) is 1. The standard InChI is InChI=1S/C13H17ClN2O/c1-3-17-9-10(2)16-12-7-5-4-6-11(12)15-13(16)8-14/h4-7,10H,3,8-9H2,1-2H3. The summed E-state index contributed by atoms with van der Waals surface area (Å²) in [6.07, 6.45) is 0. The van der Waals surface area contributed by atoms with E-state index in [1.165, 1.54) is 0 Å². The summed E-state index contributed by atoms with van der Waals surface area (Å²) in [5.74, 6) is 1.32. The molecule has 92 valence electrons. The Morgan fingerprint density at radius 1 is 1.41 bits per heavy atom. The molecule has 4 heteroatoms. The van der Waals surface area contributed by atoms with Gasteiger partial charge in [0.05, 0.1) is 29.6 Å². The Morgan fingerprint density at radius 3 is 2.88 bits per heavy atom. The molecule has 0 spiro atoms. The first kappa shape index (κ1) is 12.4. The van der Waals surface area contributed by atoms with Crippen LogP contribution >= 0.6 is 11.6 Å².